The van der Waals surface area contributed by atoms with Gasteiger partial charge in [-0.15, -0.1) is 23.7 Å². The molecule has 0 bridgehead atoms. The van der Waals surface area contributed by atoms with E-state index in [9.17, 15) is 0 Å². The van der Waals surface area contributed by atoms with E-state index >= 15 is 0 Å². The van der Waals surface area contributed by atoms with Gasteiger partial charge in [0.2, 0.25) is 0 Å². The fourth-order valence-electron chi connectivity index (χ4n) is 0.904. The zero-order valence-corrected chi connectivity index (χ0v) is 8.03. The van der Waals surface area contributed by atoms with E-state index in [0.29, 0.717) is 0 Å². The molecule has 1 heterocycles. The van der Waals surface area contributed by atoms with Gasteiger partial charge in [-0.25, -0.2) is 0 Å². The van der Waals surface area contributed by atoms with Crippen molar-refractivity contribution in [3.05, 3.63) is 21.9 Å². The molecule has 0 unspecified atom stereocenters. The summed E-state index contributed by atoms with van der Waals surface area (Å²) in [6.45, 7) is 1.63. The second-order valence-corrected chi connectivity index (χ2v) is 3.54. The molecule has 0 radical (unpaired) electrons. The molecule has 0 aliphatic rings. The highest BCUT2D eigenvalue weighted by Crippen LogP contribution is 2.12. The smallest absolute Gasteiger partial charge is 0.100 e. The molecule has 1 N–H and O–H groups in total. The lowest BCUT2D eigenvalue weighted by molar-refractivity contribution is 0.709. The molecule has 0 aliphatic heterocycles. The summed E-state index contributed by atoms with van der Waals surface area (Å²) in [4.78, 5) is 1.17. The zero-order valence-electron chi connectivity index (χ0n) is 7.21. The largest absolute Gasteiger partial charge is 0.311 e. The first kappa shape index (κ1) is 9.80. The van der Waals surface area contributed by atoms with Crippen LogP contribution in [0.3, 0.4) is 0 Å². The molecule has 1 rings (SSSR count). The summed E-state index contributed by atoms with van der Waals surface area (Å²) in [5.41, 5.74) is 0.735. The number of rotatable bonds is 4. The van der Waals surface area contributed by atoms with Gasteiger partial charge in [-0.05, 0) is 6.07 Å². The number of nitrogens with zero attached hydrogens (tertiary/aromatic N) is 1. The standard InChI is InChI=1S/C10H10N2S/c1-2-3-4-12-7-10-5-9(6-11)8-13-10/h1,5,8,12H,3-4,7H2. The van der Waals surface area contributed by atoms with Crippen molar-refractivity contribution in [3.8, 4) is 18.4 Å². The highest BCUT2D eigenvalue weighted by molar-refractivity contribution is 7.10. The molecule has 1 aromatic heterocycles. The SMILES string of the molecule is C#CCCNCc1cc(C#N)cs1. The average molecular weight is 190 g/mol. The second kappa shape index (κ2) is 5.37. The second-order valence-electron chi connectivity index (χ2n) is 2.54. The number of hydrogen-bond donors (Lipinski definition) is 1. The predicted octanol–water partition coefficient (Wildman–Crippen LogP) is 1.73. The predicted molar refractivity (Wildman–Crippen MR) is 54.2 cm³/mol. The third kappa shape index (κ3) is 3.29. The minimum absolute atomic E-state index is 0.735. The number of thiophene rings is 1. The summed E-state index contributed by atoms with van der Waals surface area (Å²) < 4.78 is 0. The fraction of sp³-hybridized carbons (Fsp3) is 0.300. The van der Waals surface area contributed by atoms with E-state index in [1.165, 1.54) is 4.88 Å². The van der Waals surface area contributed by atoms with Gasteiger partial charge in [0.1, 0.15) is 6.07 Å². The van der Waals surface area contributed by atoms with Gasteiger partial charge in [0.25, 0.3) is 0 Å². The van der Waals surface area contributed by atoms with E-state index < -0.39 is 0 Å². The van der Waals surface area contributed by atoms with Gasteiger partial charge in [0.05, 0.1) is 5.56 Å². The molecule has 2 nitrogen and oxygen atoms in total. The maximum atomic E-state index is 8.57. The Morgan fingerprint density at radius 3 is 3.08 bits per heavy atom. The van der Waals surface area contributed by atoms with Crippen molar-refractivity contribution < 1.29 is 0 Å². The van der Waals surface area contributed by atoms with Crippen LogP contribution in [0.2, 0.25) is 0 Å². The first-order chi connectivity index (χ1) is 6.36. The first-order valence-corrected chi connectivity index (χ1v) is 4.86. The maximum Gasteiger partial charge on any atom is 0.100 e. The van der Waals surface area contributed by atoms with Crippen LogP contribution in [0.5, 0.6) is 0 Å². The Morgan fingerprint density at radius 2 is 2.46 bits per heavy atom. The van der Waals surface area contributed by atoms with E-state index in [2.05, 4.69) is 17.3 Å². The van der Waals surface area contributed by atoms with E-state index in [1.807, 2.05) is 11.4 Å². The van der Waals surface area contributed by atoms with Crippen LogP contribution in [0.15, 0.2) is 11.4 Å². The molecule has 0 saturated carbocycles. The molecule has 0 atom stereocenters. The van der Waals surface area contributed by atoms with Gasteiger partial charge in [0, 0.05) is 29.8 Å². The van der Waals surface area contributed by atoms with Gasteiger partial charge in [-0.1, -0.05) is 0 Å². The third-order valence-corrected chi connectivity index (χ3v) is 2.46. The Bertz CT molecular complexity index is 341. The van der Waals surface area contributed by atoms with Crippen LogP contribution in [0.4, 0.5) is 0 Å². The Labute approximate surface area is 82.2 Å². The molecule has 13 heavy (non-hydrogen) atoms. The Hall–Kier alpha value is -1.29. The Morgan fingerprint density at radius 1 is 1.62 bits per heavy atom. The molecule has 0 saturated heterocycles. The molecular formula is C10H10N2S. The van der Waals surface area contributed by atoms with Gasteiger partial charge in [0.15, 0.2) is 0 Å². The lowest BCUT2D eigenvalue weighted by atomic mass is 10.3. The van der Waals surface area contributed by atoms with Gasteiger partial charge < -0.3 is 5.32 Å². The van der Waals surface area contributed by atoms with E-state index in [4.69, 9.17) is 11.7 Å². The van der Waals surface area contributed by atoms with Gasteiger partial charge >= 0.3 is 0 Å². The van der Waals surface area contributed by atoms with Crippen molar-refractivity contribution in [2.24, 2.45) is 0 Å². The third-order valence-electron chi connectivity index (χ3n) is 1.53. The van der Waals surface area contributed by atoms with Crippen molar-refractivity contribution in [3.63, 3.8) is 0 Å². The molecule has 0 amide bonds. The lowest BCUT2D eigenvalue weighted by Gasteiger charge is -1.97. The first-order valence-electron chi connectivity index (χ1n) is 3.98. The number of terminal acetylenes is 1. The molecule has 0 spiro atoms. The quantitative estimate of drug-likeness (QED) is 0.580. The van der Waals surface area contributed by atoms with E-state index in [1.54, 1.807) is 11.3 Å². The topological polar surface area (TPSA) is 35.8 Å². The molecule has 0 aliphatic carbocycles. The molecule has 66 valence electrons. The summed E-state index contributed by atoms with van der Waals surface area (Å²) in [6, 6.07) is 4.00. The maximum absolute atomic E-state index is 8.57. The number of nitrogens with one attached hydrogen (secondary N) is 1. The van der Waals surface area contributed by atoms with Gasteiger partial charge in [-0.3, -0.25) is 0 Å². The minimum atomic E-state index is 0.735. The summed E-state index contributed by atoms with van der Waals surface area (Å²) >= 11 is 1.60. The molecular weight excluding hydrogens is 180 g/mol. The Kier molecular flexibility index (Phi) is 4.05. The average Bonchev–Trinajstić information content (AvgIpc) is 2.60. The minimum Gasteiger partial charge on any atom is -0.311 e. The van der Waals surface area contributed by atoms with Crippen molar-refractivity contribution in [2.45, 2.75) is 13.0 Å². The van der Waals surface area contributed by atoms with Crippen LogP contribution in [-0.2, 0) is 6.54 Å². The van der Waals surface area contributed by atoms with Crippen LogP contribution < -0.4 is 5.32 Å². The molecule has 1 aromatic rings. The summed E-state index contributed by atoms with van der Waals surface area (Å²) in [6.07, 6.45) is 5.85. The highest BCUT2D eigenvalue weighted by atomic mass is 32.1. The molecule has 0 aromatic carbocycles. The monoisotopic (exact) mass is 190 g/mol. The van der Waals surface area contributed by atoms with Gasteiger partial charge in [-0.2, -0.15) is 5.26 Å². The number of hydrogen-bond acceptors (Lipinski definition) is 3. The molecule has 0 fully saturated rings. The van der Waals surface area contributed by atoms with Crippen LogP contribution in [0, 0.1) is 23.7 Å². The van der Waals surface area contributed by atoms with Crippen molar-refractivity contribution in [2.75, 3.05) is 6.54 Å². The van der Waals surface area contributed by atoms with Crippen molar-refractivity contribution >= 4 is 11.3 Å². The summed E-state index contributed by atoms with van der Waals surface area (Å²) in [5.74, 6) is 2.56. The van der Waals surface area contributed by atoms with E-state index in [0.717, 1.165) is 25.1 Å². The highest BCUT2D eigenvalue weighted by Gasteiger charge is 1.97. The normalized spacial score (nSPS) is 9.08. The van der Waals surface area contributed by atoms with Crippen molar-refractivity contribution in [1.82, 2.24) is 5.32 Å². The van der Waals surface area contributed by atoms with Crippen molar-refractivity contribution in [1.29, 1.82) is 5.26 Å². The summed E-state index contributed by atoms with van der Waals surface area (Å²) in [5, 5.41) is 13.6. The Balaban J connectivity index is 2.30. The van der Waals surface area contributed by atoms with E-state index in [-0.39, 0.29) is 0 Å². The lowest BCUT2D eigenvalue weighted by Crippen LogP contribution is -2.13. The zero-order chi connectivity index (χ0) is 9.52. The number of nitriles is 1. The van der Waals surface area contributed by atoms with Crippen LogP contribution in [0.1, 0.15) is 16.9 Å². The van der Waals surface area contributed by atoms with Crippen LogP contribution in [-0.4, -0.2) is 6.54 Å². The summed E-state index contributed by atoms with van der Waals surface area (Å²) in [7, 11) is 0. The van der Waals surface area contributed by atoms with Crippen LogP contribution in [0.25, 0.3) is 0 Å². The fourth-order valence-corrected chi connectivity index (χ4v) is 1.68. The van der Waals surface area contributed by atoms with Crippen LogP contribution >= 0.6 is 11.3 Å². The molecule has 3 heteroatoms.